The molecule has 0 aliphatic carbocycles. The van der Waals surface area contributed by atoms with Gasteiger partial charge >= 0.3 is 5.97 Å². The minimum Gasteiger partial charge on any atom is -0.466 e. The van der Waals surface area contributed by atoms with Crippen LogP contribution in [0.5, 0.6) is 0 Å². The highest BCUT2D eigenvalue weighted by molar-refractivity contribution is 6.33. The van der Waals surface area contributed by atoms with Crippen LogP contribution in [0.3, 0.4) is 0 Å². The molecule has 1 amide bonds. The molecule has 0 heterocycles. The van der Waals surface area contributed by atoms with Gasteiger partial charge in [0.2, 0.25) is 0 Å². The molecular formula is C16H21ClFNO4. The Kier molecular flexibility index (Phi) is 8.58. The van der Waals surface area contributed by atoms with Crippen LogP contribution < -0.4 is 0 Å². The molecule has 0 N–H and O–H groups in total. The van der Waals surface area contributed by atoms with Gasteiger partial charge in [-0.05, 0) is 25.5 Å². The van der Waals surface area contributed by atoms with Gasteiger partial charge in [-0.1, -0.05) is 17.7 Å². The summed E-state index contributed by atoms with van der Waals surface area (Å²) in [7, 11) is 1.55. The van der Waals surface area contributed by atoms with Crippen molar-refractivity contribution in [1.82, 2.24) is 4.90 Å². The van der Waals surface area contributed by atoms with Crippen LogP contribution in [0.15, 0.2) is 18.2 Å². The van der Waals surface area contributed by atoms with Crippen molar-refractivity contribution in [2.24, 2.45) is 0 Å². The van der Waals surface area contributed by atoms with Gasteiger partial charge in [-0.2, -0.15) is 0 Å². The average molecular weight is 346 g/mol. The summed E-state index contributed by atoms with van der Waals surface area (Å²) in [6, 6.07) is 4.07. The van der Waals surface area contributed by atoms with E-state index in [9.17, 15) is 14.0 Å². The summed E-state index contributed by atoms with van der Waals surface area (Å²) in [4.78, 5) is 25.4. The molecule has 23 heavy (non-hydrogen) atoms. The lowest BCUT2D eigenvalue weighted by molar-refractivity contribution is -0.143. The van der Waals surface area contributed by atoms with Gasteiger partial charge in [-0.3, -0.25) is 9.59 Å². The van der Waals surface area contributed by atoms with E-state index in [1.807, 2.05) is 0 Å². The van der Waals surface area contributed by atoms with E-state index < -0.39 is 17.7 Å². The fourth-order valence-corrected chi connectivity index (χ4v) is 2.28. The number of ether oxygens (including phenoxy) is 2. The zero-order chi connectivity index (χ0) is 17.2. The minimum atomic E-state index is -0.685. The number of carbonyl (C=O) groups is 2. The molecule has 0 atom stereocenters. The van der Waals surface area contributed by atoms with Gasteiger partial charge < -0.3 is 14.4 Å². The first-order valence-corrected chi connectivity index (χ1v) is 7.76. The van der Waals surface area contributed by atoms with Crippen molar-refractivity contribution < 1.29 is 23.5 Å². The molecule has 0 fully saturated rings. The number of hydrogen-bond acceptors (Lipinski definition) is 4. The van der Waals surface area contributed by atoms with Gasteiger partial charge in [0, 0.05) is 26.8 Å². The second kappa shape index (κ2) is 10.2. The van der Waals surface area contributed by atoms with Crippen LogP contribution in [0.2, 0.25) is 5.02 Å². The largest absolute Gasteiger partial charge is 0.466 e. The van der Waals surface area contributed by atoms with Gasteiger partial charge in [0.1, 0.15) is 5.82 Å². The second-order valence-corrected chi connectivity index (χ2v) is 5.20. The maximum atomic E-state index is 13.9. The van der Waals surface area contributed by atoms with Gasteiger partial charge in [-0.25, -0.2) is 4.39 Å². The van der Waals surface area contributed by atoms with Gasteiger partial charge in [0.05, 0.1) is 23.6 Å². The molecule has 0 saturated carbocycles. The van der Waals surface area contributed by atoms with Crippen LogP contribution in [0.4, 0.5) is 4.39 Å². The fraction of sp³-hybridized carbons (Fsp3) is 0.500. The molecule has 0 aliphatic rings. The van der Waals surface area contributed by atoms with E-state index in [4.69, 9.17) is 21.1 Å². The van der Waals surface area contributed by atoms with Gasteiger partial charge in [0.25, 0.3) is 5.91 Å². The van der Waals surface area contributed by atoms with Crippen molar-refractivity contribution in [3.05, 3.63) is 34.6 Å². The Morgan fingerprint density at radius 3 is 2.65 bits per heavy atom. The maximum absolute atomic E-state index is 13.9. The molecule has 0 saturated heterocycles. The van der Waals surface area contributed by atoms with Crippen LogP contribution in [-0.4, -0.2) is 50.2 Å². The third-order valence-corrected chi connectivity index (χ3v) is 3.45. The number of nitrogens with zero attached hydrogens (tertiary/aromatic N) is 1. The number of benzene rings is 1. The number of esters is 1. The Bertz CT molecular complexity index is 519. The summed E-state index contributed by atoms with van der Waals surface area (Å²) in [5, 5.41) is 0.0443. The molecule has 0 aliphatic heterocycles. The first-order chi connectivity index (χ1) is 11.0. The molecule has 128 valence electrons. The zero-order valence-electron chi connectivity index (χ0n) is 13.3. The lowest BCUT2D eigenvalue weighted by Gasteiger charge is -2.23. The highest BCUT2D eigenvalue weighted by atomic mass is 35.5. The highest BCUT2D eigenvalue weighted by Gasteiger charge is 2.22. The van der Waals surface area contributed by atoms with Crippen LogP contribution in [0, 0.1) is 5.82 Å². The van der Waals surface area contributed by atoms with Crippen molar-refractivity contribution in [3.63, 3.8) is 0 Å². The lowest BCUT2D eigenvalue weighted by Crippen LogP contribution is -2.35. The van der Waals surface area contributed by atoms with E-state index in [1.54, 1.807) is 14.0 Å². The Labute approximate surface area is 140 Å². The smallest absolute Gasteiger partial charge is 0.307 e. The SMILES string of the molecule is CCOC(=O)CCN(CCCOC)C(=O)c1c(F)cccc1Cl. The number of hydrogen-bond donors (Lipinski definition) is 0. The van der Waals surface area contributed by atoms with Crippen LogP contribution in [-0.2, 0) is 14.3 Å². The van der Waals surface area contributed by atoms with E-state index in [0.717, 1.165) is 0 Å². The number of amides is 1. The molecule has 0 aromatic heterocycles. The van der Waals surface area contributed by atoms with Crippen molar-refractivity contribution in [2.75, 3.05) is 33.4 Å². The summed E-state index contributed by atoms with van der Waals surface area (Å²) in [5.41, 5.74) is -0.185. The third kappa shape index (κ3) is 6.15. The van der Waals surface area contributed by atoms with E-state index in [1.165, 1.54) is 23.1 Å². The standard InChI is InChI=1S/C16H21ClFNO4/c1-3-23-14(20)8-10-19(9-5-11-22-2)16(21)15-12(17)6-4-7-13(15)18/h4,6-7H,3,5,8-11H2,1-2H3. The molecule has 7 heteroatoms. The fourth-order valence-electron chi connectivity index (χ4n) is 2.03. The monoisotopic (exact) mass is 345 g/mol. The van der Waals surface area contributed by atoms with Crippen molar-refractivity contribution in [2.45, 2.75) is 19.8 Å². The molecule has 1 aromatic rings. The average Bonchev–Trinajstić information content (AvgIpc) is 2.50. The van der Waals surface area contributed by atoms with Crippen molar-refractivity contribution >= 4 is 23.5 Å². The summed E-state index contributed by atoms with van der Waals surface area (Å²) >= 11 is 5.94. The molecule has 1 aromatic carbocycles. The predicted molar refractivity (Wildman–Crippen MR) is 85.1 cm³/mol. The Balaban J connectivity index is 2.85. The molecule has 0 spiro atoms. The van der Waals surface area contributed by atoms with Crippen molar-refractivity contribution in [3.8, 4) is 0 Å². The zero-order valence-corrected chi connectivity index (χ0v) is 14.1. The molecule has 5 nitrogen and oxygen atoms in total. The van der Waals surface area contributed by atoms with Crippen molar-refractivity contribution in [1.29, 1.82) is 0 Å². The van der Waals surface area contributed by atoms with Crippen LogP contribution in [0.1, 0.15) is 30.1 Å². The van der Waals surface area contributed by atoms with Gasteiger partial charge in [-0.15, -0.1) is 0 Å². The maximum Gasteiger partial charge on any atom is 0.307 e. The first-order valence-electron chi connectivity index (χ1n) is 7.39. The third-order valence-electron chi connectivity index (χ3n) is 3.13. The number of methoxy groups -OCH3 is 1. The van der Waals surface area contributed by atoms with Gasteiger partial charge in [0.15, 0.2) is 0 Å². The Morgan fingerprint density at radius 2 is 2.04 bits per heavy atom. The quantitative estimate of drug-likeness (QED) is 0.510. The van der Waals surface area contributed by atoms with E-state index in [-0.39, 0.29) is 30.2 Å². The van der Waals surface area contributed by atoms with E-state index >= 15 is 0 Å². The van der Waals surface area contributed by atoms with E-state index in [0.29, 0.717) is 19.6 Å². The predicted octanol–water partition coefficient (Wildman–Crippen LogP) is 2.91. The van der Waals surface area contributed by atoms with E-state index in [2.05, 4.69) is 0 Å². The number of halogens is 2. The topological polar surface area (TPSA) is 55.8 Å². The summed E-state index contributed by atoms with van der Waals surface area (Å²) < 4.78 is 23.7. The highest BCUT2D eigenvalue weighted by Crippen LogP contribution is 2.21. The van der Waals surface area contributed by atoms with Crippen LogP contribution in [0.25, 0.3) is 0 Å². The normalized spacial score (nSPS) is 10.4. The first kappa shape index (κ1) is 19.4. The number of carbonyl (C=O) groups excluding carboxylic acids is 2. The Hall–Kier alpha value is -1.66. The summed E-state index contributed by atoms with van der Waals surface area (Å²) in [6.45, 7) is 2.89. The Morgan fingerprint density at radius 1 is 1.30 bits per heavy atom. The number of rotatable bonds is 9. The molecule has 0 radical (unpaired) electrons. The molecule has 1 rings (SSSR count). The summed E-state index contributed by atoms with van der Waals surface area (Å²) in [5.74, 6) is -1.64. The summed E-state index contributed by atoms with van der Waals surface area (Å²) in [6.07, 6.45) is 0.607. The lowest BCUT2D eigenvalue weighted by atomic mass is 10.1. The molecular weight excluding hydrogens is 325 g/mol. The molecule has 0 unspecified atom stereocenters. The molecule has 0 bridgehead atoms. The van der Waals surface area contributed by atoms with Crippen LogP contribution >= 0.6 is 11.6 Å². The minimum absolute atomic E-state index is 0.0403. The second-order valence-electron chi connectivity index (χ2n) is 4.79.